The molecule has 0 aliphatic heterocycles. The summed E-state index contributed by atoms with van der Waals surface area (Å²) in [5, 5.41) is 24.3. The van der Waals surface area contributed by atoms with E-state index in [1.165, 1.54) is 11.3 Å². The highest BCUT2D eigenvalue weighted by Gasteiger charge is 2.15. The molecule has 164 valence electrons. The molecular weight excluding hydrogens is 446 g/mol. The molecule has 0 fully saturated rings. The Kier molecular flexibility index (Phi) is 7.28. The topological polar surface area (TPSA) is 113 Å². The second-order valence-corrected chi connectivity index (χ2v) is 8.62. The number of aliphatic hydroxyl groups excluding tert-OH is 2. The van der Waals surface area contributed by atoms with Gasteiger partial charge in [0.1, 0.15) is 11.9 Å². The number of thioether (sulfide) groups is 1. The van der Waals surface area contributed by atoms with E-state index in [-0.39, 0.29) is 0 Å². The average molecular weight is 468 g/mol. The van der Waals surface area contributed by atoms with Crippen LogP contribution in [0.15, 0.2) is 65.3 Å². The van der Waals surface area contributed by atoms with Crippen LogP contribution in [0.2, 0.25) is 0 Å². The van der Waals surface area contributed by atoms with Crippen molar-refractivity contribution in [3.8, 4) is 11.5 Å². The van der Waals surface area contributed by atoms with Gasteiger partial charge in [-0.3, -0.25) is 9.97 Å². The first-order chi connectivity index (χ1) is 15.6. The van der Waals surface area contributed by atoms with Gasteiger partial charge >= 0.3 is 0 Å². The van der Waals surface area contributed by atoms with Crippen molar-refractivity contribution < 1.29 is 14.9 Å². The lowest BCUT2D eigenvalue weighted by molar-refractivity contribution is 0.0928. The standard InChI is InChI=1S/C22H21N5O3S2/c1-14-19(6-4-8-23-14)30-20-9-16(31-12-15-5-2-3-7-24-15)10-25-21(20)27-22-26-17(13-32-22)18(29)11-28/h2-10,13,18,28-29H,11-12H2,1H3,(H,25,26,27). The van der Waals surface area contributed by atoms with E-state index in [4.69, 9.17) is 9.84 Å². The van der Waals surface area contributed by atoms with Gasteiger partial charge in [-0.1, -0.05) is 6.07 Å². The number of hydrogen-bond donors (Lipinski definition) is 3. The second-order valence-electron chi connectivity index (χ2n) is 6.72. The van der Waals surface area contributed by atoms with Crippen LogP contribution in [0.5, 0.6) is 11.5 Å². The van der Waals surface area contributed by atoms with Crippen LogP contribution in [0.4, 0.5) is 10.9 Å². The molecule has 0 bridgehead atoms. The molecule has 0 aliphatic rings. The van der Waals surface area contributed by atoms with Crippen LogP contribution in [0.25, 0.3) is 0 Å². The van der Waals surface area contributed by atoms with Gasteiger partial charge in [0, 0.05) is 34.6 Å². The summed E-state index contributed by atoms with van der Waals surface area (Å²) in [6.45, 7) is 1.48. The first kappa shape index (κ1) is 22.2. The van der Waals surface area contributed by atoms with Gasteiger partial charge < -0.3 is 20.3 Å². The molecule has 8 nitrogen and oxygen atoms in total. The van der Waals surface area contributed by atoms with Crippen LogP contribution in [0.1, 0.15) is 23.2 Å². The van der Waals surface area contributed by atoms with E-state index in [1.807, 2.05) is 43.3 Å². The van der Waals surface area contributed by atoms with Crippen molar-refractivity contribution in [1.82, 2.24) is 19.9 Å². The third-order valence-corrected chi connectivity index (χ3v) is 6.15. The van der Waals surface area contributed by atoms with Crippen LogP contribution in [-0.4, -0.2) is 36.8 Å². The highest BCUT2D eigenvalue weighted by atomic mass is 32.2. The van der Waals surface area contributed by atoms with Gasteiger partial charge in [0.2, 0.25) is 0 Å². The molecule has 0 aliphatic carbocycles. The summed E-state index contributed by atoms with van der Waals surface area (Å²) < 4.78 is 6.15. The number of rotatable bonds is 9. The SMILES string of the molecule is Cc1ncccc1Oc1cc(SCc2ccccn2)cnc1Nc1nc(C(O)CO)cs1. The quantitative estimate of drug-likeness (QED) is 0.306. The summed E-state index contributed by atoms with van der Waals surface area (Å²) in [5.41, 5.74) is 2.13. The monoisotopic (exact) mass is 467 g/mol. The van der Waals surface area contributed by atoms with Crippen molar-refractivity contribution in [1.29, 1.82) is 0 Å². The number of anilines is 2. The zero-order valence-electron chi connectivity index (χ0n) is 17.2. The normalized spacial score (nSPS) is 11.8. The molecule has 4 heterocycles. The Morgan fingerprint density at radius 3 is 2.78 bits per heavy atom. The average Bonchev–Trinajstić information content (AvgIpc) is 3.29. The molecule has 0 radical (unpaired) electrons. The minimum Gasteiger partial charge on any atom is -0.452 e. The Morgan fingerprint density at radius 1 is 1.12 bits per heavy atom. The predicted molar refractivity (Wildman–Crippen MR) is 125 cm³/mol. The number of aryl methyl sites for hydroxylation is 1. The molecular formula is C22H21N5O3S2. The molecule has 3 N–H and O–H groups in total. The van der Waals surface area contributed by atoms with E-state index in [0.29, 0.717) is 33.9 Å². The van der Waals surface area contributed by atoms with Gasteiger partial charge in [-0.05, 0) is 37.3 Å². The molecule has 1 unspecified atom stereocenters. The maximum atomic E-state index is 9.79. The summed E-state index contributed by atoms with van der Waals surface area (Å²) in [4.78, 5) is 18.4. The van der Waals surface area contributed by atoms with Gasteiger partial charge in [0.15, 0.2) is 16.7 Å². The third-order valence-electron chi connectivity index (χ3n) is 4.38. The number of pyridine rings is 3. The van der Waals surface area contributed by atoms with Crippen LogP contribution in [0, 0.1) is 6.92 Å². The maximum absolute atomic E-state index is 9.79. The Hall–Kier alpha value is -3.05. The van der Waals surface area contributed by atoms with Gasteiger partial charge in [0.05, 0.1) is 23.7 Å². The summed E-state index contributed by atoms with van der Waals surface area (Å²) in [7, 11) is 0. The number of hydrogen-bond acceptors (Lipinski definition) is 10. The molecule has 0 spiro atoms. The lowest BCUT2D eigenvalue weighted by Gasteiger charge is -2.13. The summed E-state index contributed by atoms with van der Waals surface area (Å²) in [5.74, 6) is 2.33. The van der Waals surface area contributed by atoms with Gasteiger partial charge in [-0.2, -0.15) is 0 Å². The molecule has 1 atom stereocenters. The van der Waals surface area contributed by atoms with E-state index < -0.39 is 12.7 Å². The molecule has 0 saturated heterocycles. The third kappa shape index (κ3) is 5.60. The van der Waals surface area contributed by atoms with E-state index in [9.17, 15) is 5.11 Å². The smallest absolute Gasteiger partial charge is 0.188 e. The van der Waals surface area contributed by atoms with Gasteiger partial charge in [0.25, 0.3) is 0 Å². The van der Waals surface area contributed by atoms with Crippen molar-refractivity contribution in [2.45, 2.75) is 23.7 Å². The molecule has 0 saturated carbocycles. The molecule has 0 aromatic carbocycles. The zero-order valence-corrected chi connectivity index (χ0v) is 18.8. The maximum Gasteiger partial charge on any atom is 0.188 e. The largest absolute Gasteiger partial charge is 0.452 e. The first-order valence-electron chi connectivity index (χ1n) is 9.76. The Bertz CT molecular complexity index is 1170. The van der Waals surface area contributed by atoms with Crippen LogP contribution in [0.3, 0.4) is 0 Å². The second kappa shape index (κ2) is 10.5. The number of ether oxygens (including phenoxy) is 1. The van der Waals surface area contributed by atoms with E-state index in [1.54, 1.807) is 35.7 Å². The molecule has 0 amide bonds. The van der Waals surface area contributed by atoms with Crippen LogP contribution >= 0.6 is 23.1 Å². The number of nitrogens with one attached hydrogen (secondary N) is 1. The van der Waals surface area contributed by atoms with Crippen molar-refractivity contribution in [2.75, 3.05) is 11.9 Å². The first-order valence-corrected chi connectivity index (χ1v) is 11.6. The Labute approximate surface area is 193 Å². The fourth-order valence-electron chi connectivity index (χ4n) is 2.71. The zero-order chi connectivity index (χ0) is 22.3. The fourth-order valence-corrected chi connectivity index (χ4v) is 4.26. The van der Waals surface area contributed by atoms with E-state index in [2.05, 4.69) is 25.3 Å². The van der Waals surface area contributed by atoms with Crippen molar-refractivity contribution in [3.63, 3.8) is 0 Å². The van der Waals surface area contributed by atoms with Crippen LogP contribution in [-0.2, 0) is 5.75 Å². The molecule has 4 rings (SSSR count). The highest BCUT2D eigenvalue weighted by Crippen LogP contribution is 2.36. The number of thiazole rings is 1. The number of nitrogens with zero attached hydrogens (tertiary/aromatic N) is 4. The predicted octanol–water partition coefficient (Wildman–Crippen LogP) is 4.49. The molecule has 10 heteroatoms. The number of aromatic nitrogens is 4. The lowest BCUT2D eigenvalue weighted by atomic mass is 10.3. The van der Waals surface area contributed by atoms with Crippen molar-refractivity contribution >= 4 is 34.0 Å². The van der Waals surface area contributed by atoms with Crippen molar-refractivity contribution in [3.05, 3.63) is 77.5 Å². The molecule has 4 aromatic heterocycles. The molecule has 32 heavy (non-hydrogen) atoms. The summed E-state index contributed by atoms with van der Waals surface area (Å²) in [6, 6.07) is 11.4. The highest BCUT2D eigenvalue weighted by molar-refractivity contribution is 7.98. The van der Waals surface area contributed by atoms with Crippen molar-refractivity contribution in [2.24, 2.45) is 0 Å². The van der Waals surface area contributed by atoms with Gasteiger partial charge in [-0.25, -0.2) is 9.97 Å². The Morgan fingerprint density at radius 2 is 2.00 bits per heavy atom. The minimum absolute atomic E-state index is 0.391. The summed E-state index contributed by atoms with van der Waals surface area (Å²) in [6.07, 6.45) is 4.23. The molecule has 4 aromatic rings. The van der Waals surface area contributed by atoms with Gasteiger partial charge in [-0.15, -0.1) is 23.1 Å². The number of aliphatic hydroxyl groups is 2. The minimum atomic E-state index is -1.02. The van der Waals surface area contributed by atoms with E-state index in [0.717, 1.165) is 16.3 Å². The van der Waals surface area contributed by atoms with E-state index >= 15 is 0 Å². The lowest BCUT2D eigenvalue weighted by Crippen LogP contribution is -2.03. The Balaban J connectivity index is 1.59. The summed E-state index contributed by atoms with van der Waals surface area (Å²) >= 11 is 2.91. The fraction of sp³-hybridized carbons (Fsp3) is 0.182. The van der Waals surface area contributed by atoms with Crippen LogP contribution < -0.4 is 10.1 Å².